The third kappa shape index (κ3) is 2.14. The first-order chi connectivity index (χ1) is 10.3. The molecule has 108 valence electrons. The van der Waals surface area contributed by atoms with E-state index in [0.29, 0.717) is 5.92 Å². The number of aryl methyl sites for hydroxylation is 1. The Bertz CT molecular complexity index is 664. The Morgan fingerprint density at radius 3 is 2.86 bits per heavy atom. The molecule has 0 bridgehead atoms. The van der Waals surface area contributed by atoms with Gasteiger partial charge in [-0.15, -0.1) is 0 Å². The van der Waals surface area contributed by atoms with Crippen molar-refractivity contribution in [3.63, 3.8) is 0 Å². The second-order valence-corrected chi connectivity index (χ2v) is 6.26. The van der Waals surface area contributed by atoms with Crippen LogP contribution in [0.1, 0.15) is 41.9 Å². The van der Waals surface area contributed by atoms with Gasteiger partial charge in [-0.2, -0.15) is 0 Å². The van der Waals surface area contributed by atoms with Crippen LogP contribution < -0.4 is 4.74 Å². The van der Waals surface area contributed by atoms with Gasteiger partial charge in [-0.1, -0.05) is 42.5 Å². The van der Waals surface area contributed by atoms with Crippen LogP contribution in [0, 0.1) is 0 Å². The third-order valence-corrected chi connectivity index (χ3v) is 4.99. The number of hydrogen-bond acceptors (Lipinski definition) is 2. The van der Waals surface area contributed by atoms with Crippen molar-refractivity contribution in [1.29, 1.82) is 0 Å². The smallest absolute Gasteiger partial charge is 0.122 e. The van der Waals surface area contributed by atoms with Crippen molar-refractivity contribution in [3.05, 3.63) is 65.2 Å². The number of para-hydroxylation sites is 1. The minimum absolute atomic E-state index is 0.381. The second-order valence-electron chi connectivity index (χ2n) is 6.26. The molecule has 0 amide bonds. The van der Waals surface area contributed by atoms with Gasteiger partial charge >= 0.3 is 0 Å². The van der Waals surface area contributed by atoms with E-state index in [-0.39, 0.29) is 0 Å². The lowest BCUT2D eigenvalue weighted by molar-refractivity contribution is 0.0180. The van der Waals surface area contributed by atoms with Gasteiger partial charge in [-0.05, 0) is 54.4 Å². The van der Waals surface area contributed by atoms with E-state index in [4.69, 9.17) is 4.74 Å². The highest BCUT2D eigenvalue weighted by Gasteiger charge is 2.39. The van der Waals surface area contributed by atoms with Gasteiger partial charge in [0.05, 0.1) is 12.2 Å². The highest BCUT2D eigenvalue weighted by molar-refractivity contribution is 5.41. The van der Waals surface area contributed by atoms with Crippen molar-refractivity contribution in [2.45, 2.75) is 37.2 Å². The van der Waals surface area contributed by atoms with Crippen molar-refractivity contribution in [3.8, 4) is 5.75 Å². The van der Waals surface area contributed by atoms with Crippen LogP contribution in [0.4, 0.5) is 0 Å². The van der Waals surface area contributed by atoms with Crippen molar-refractivity contribution in [1.82, 2.24) is 0 Å². The quantitative estimate of drug-likeness (QED) is 0.907. The zero-order valence-corrected chi connectivity index (χ0v) is 12.1. The average molecular weight is 280 g/mol. The van der Waals surface area contributed by atoms with E-state index in [2.05, 4.69) is 30.3 Å². The first kappa shape index (κ1) is 12.9. The molecule has 0 fully saturated rings. The average Bonchev–Trinajstić information content (AvgIpc) is 2.86. The molecule has 21 heavy (non-hydrogen) atoms. The maximum Gasteiger partial charge on any atom is 0.122 e. The molecule has 2 heteroatoms. The van der Waals surface area contributed by atoms with Crippen molar-refractivity contribution in [2.75, 3.05) is 6.61 Å². The van der Waals surface area contributed by atoms with Crippen LogP contribution in [0.2, 0.25) is 0 Å². The molecule has 4 rings (SSSR count). The topological polar surface area (TPSA) is 29.5 Å². The number of rotatable bonds is 2. The van der Waals surface area contributed by atoms with Crippen LogP contribution in [0.3, 0.4) is 0 Å². The fourth-order valence-corrected chi connectivity index (χ4v) is 3.92. The molecule has 0 radical (unpaired) electrons. The van der Waals surface area contributed by atoms with E-state index in [9.17, 15) is 5.11 Å². The van der Waals surface area contributed by atoms with E-state index in [1.54, 1.807) is 0 Å². The molecule has 2 aromatic carbocycles. The molecule has 2 aromatic rings. The Labute approximate surface area is 125 Å². The molecule has 0 saturated carbocycles. The summed E-state index contributed by atoms with van der Waals surface area (Å²) >= 11 is 0. The normalized spacial score (nSPS) is 26.8. The van der Waals surface area contributed by atoms with Gasteiger partial charge in [0.25, 0.3) is 0 Å². The van der Waals surface area contributed by atoms with Crippen LogP contribution in [0.15, 0.2) is 48.5 Å². The van der Waals surface area contributed by atoms with Gasteiger partial charge in [0.2, 0.25) is 0 Å². The monoisotopic (exact) mass is 280 g/mol. The largest absolute Gasteiger partial charge is 0.493 e. The Morgan fingerprint density at radius 2 is 1.90 bits per heavy atom. The number of benzene rings is 2. The lowest BCUT2D eigenvalue weighted by Crippen LogP contribution is -2.27. The summed E-state index contributed by atoms with van der Waals surface area (Å²) in [4.78, 5) is 0. The van der Waals surface area contributed by atoms with Crippen molar-refractivity contribution < 1.29 is 9.84 Å². The molecule has 2 nitrogen and oxygen atoms in total. The molecular weight excluding hydrogens is 260 g/mol. The number of aliphatic hydroxyl groups is 1. The molecule has 2 atom stereocenters. The van der Waals surface area contributed by atoms with Crippen LogP contribution >= 0.6 is 0 Å². The summed E-state index contributed by atoms with van der Waals surface area (Å²) in [6.07, 6.45) is 3.61. The Kier molecular flexibility index (Phi) is 3.00. The molecule has 2 unspecified atom stereocenters. The minimum atomic E-state index is -0.675. The molecule has 1 aliphatic heterocycles. The fraction of sp³-hybridized carbons (Fsp3) is 0.368. The van der Waals surface area contributed by atoms with E-state index in [1.165, 1.54) is 11.1 Å². The SMILES string of the molecule is OC1(CC2CCOc3ccccc32)CCc2ccccc21. The van der Waals surface area contributed by atoms with Gasteiger partial charge < -0.3 is 9.84 Å². The van der Waals surface area contributed by atoms with Gasteiger partial charge in [-0.25, -0.2) is 0 Å². The summed E-state index contributed by atoms with van der Waals surface area (Å²) in [6, 6.07) is 16.6. The van der Waals surface area contributed by atoms with E-state index >= 15 is 0 Å². The lowest BCUT2D eigenvalue weighted by atomic mass is 9.80. The second kappa shape index (κ2) is 4.88. The van der Waals surface area contributed by atoms with Crippen LogP contribution in [-0.4, -0.2) is 11.7 Å². The zero-order valence-electron chi connectivity index (χ0n) is 12.1. The Hall–Kier alpha value is -1.80. The maximum absolute atomic E-state index is 11.2. The molecule has 0 aromatic heterocycles. The van der Waals surface area contributed by atoms with E-state index < -0.39 is 5.60 Å². The standard InChI is InChI=1S/C19H20O2/c20-19(11-9-14-5-1-3-7-17(14)19)13-15-10-12-21-18-8-4-2-6-16(15)18/h1-8,15,20H,9-13H2. The first-order valence-corrected chi connectivity index (χ1v) is 7.79. The van der Waals surface area contributed by atoms with Gasteiger partial charge in [0, 0.05) is 0 Å². The molecule has 0 saturated heterocycles. The van der Waals surface area contributed by atoms with Crippen molar-refractivity contribution in [2.24, 2.45) is 0 Å². The predicted octanol–water partition coefficient (Wildman–Crippen LogP) is 3.78. The van der Waals surface area contributed by atoms with Crippen LogP contribution in [0.5, 0.6) is 5.75 Å². The minimum Gasteiger partial charge on any atom is -0.493 e. The Morgan fingerprint density at radius 1 is 1.10 bits per heavy atom. The highest BCUT2D eigenvalue weighted by Crippen LogP contribution is 2.46. The Balaban J connectivity index is 1.66. The van der Waals surface area contributed by atoms with E-state index in [1.807, 2.05) is 18.2 Å². The highest BCUT2D eigenvalue weighted by atomic mass is 16.5. The van der Waals surface area contributed by atoms with Crippen LogP contribution in [-0.2, 0) is 12.0 Å². The predicted molar refractivity (Wildman–Crippen MR) is 82.6 cm³/mol. The summed E-state index contributed by atoms with van der Waals surface area (Å²) in [7, 11) is 0. The summed E-state index contributed by atoms with van der Waals surface area (Å²) < 4.78 is 5.74. The summed E-state index contributed by atoms with van der Waals surface area (Å²) in [5.41, 5.74) is 3.02. The van der Waals surface area contributed by atoms with Gasteiger partial charge in [0.15, 0.2) is 0 Å². The first-order valence-electron chi connectivity index (χ1n) is 7.79. The fourth-order valence-electron chi connectivity index (χ4n) is 3.92. The molecule has 0 spiro atoms. The zero-order chi connectivity index (χ0) is 14.3. The lowest BCUT2D eigenvalue weighted by Gasteiger charge is -2.33. The summed E-state index contributed by atoms with van der Waals surface area (Å²) in [5, 5.41) is 11.2. The summed E-state index contributed by atoms with van der Waals surface area (Å²) in [6.45, 7) is 0.749. The van der Waals surface area contributed by atoms with E-state index in [0.717, 1.165) is 43.6 Å². The number of hydrogen-bond donors (Lipinski definition) is 1. The van der Waals surface area contributed by atoms with Gasteiger partial charge in [0.1, 0.15) is 5.75 Å². The van der Waals surface area contributed by atoms with Crippen LogP contribution in [0.25, 0.3) is 0 Å². The molecule has 1 aliphatic carbocycles. The maximum atomic E-state index is 11.2. The molecule has 2 aliphatic rings. The summed E-state index contributed by atoms with van der Waals surface area (Å²) in [5.74, 6) is 1.37. The van der Waals surface area contributed by atoms with Gasteiger partial charge in [-0.3, -0.25) is 0 Å². The molecule has 1 heterocycles. The number of fused-ring (bicyclic) bond motifs is 2. The molecule has 1 N–H and O–H groups in total. The number of ether oxygens (including phenoxy) is 1. The molecular formula is C19H20O2. The third-order valence-electron chi connectivity index (χ3n) is 4.99. The van der Waals surface area contributed by atoms with Crippen molar-refractivity contribution >= 4 is 0 Å².